The molecule has 1 rings (SSSR count). The second kappa shape index (κ2) is 4.20. The van der Waals surface area contributed by atoms with E-state index in [2.05, 4.69) is 13.2 Å². The lowest BCUT2D eigenvalue weighted by Crippen LogP contribution is -1.86. The molecular weight excluding hydrogens is 215 g/mol. The normalized spacial score (nSPS) is 10.0. The van der Waals surface area contributed by atoms with E-state index < -0.39 is 0 Å². The quantitative estimate of drug-likeness (QED) is 0.662. The molecule has 0 aromatic heterocycles. The molecule has 0 fully saturated rings. The Balaban J connectivity index is 3.38. The monoisotopic (exact) mass is 226 g/mol. The number of halogens is 2. The third-order valence-corrected chi connectivity index (χ3v) is 2.60. The lowest BCUT2D eigenvalue weighted by molar-refractivity contribution is 1.52. The van der Waals surface area contributed by atoms with Gasteiger partial charge in [0, 0.05) is 10.0 Å². The maximum absolute atomic E-state index is 6.08. The highest BCUT2D eigenvalue weighted by Gasteiger charge is 2.07. The number of hydrogen-bond donors (Lipinski definition) is 0. The molecular formula is C12H12Cl2. The Hall–Kier alpha value is -0.720. The summed E-state index contributed by atoms with van der Waals surface area (Å²) in [5, 5.41) is 1.33. The Labute approximate surface area is 94.8 Å². The highest BCUT2D eigenvalue weighted by molar-refractivity contribution is 6.35. The first-order chi connectivity index (χ1) is 6.43. The molecule has 1 aromatic rings. The van der Waals surface area contributed by atoms with Crippen LogP contribution in [0, 0.1) is 0 Å². The molecule has 0 N–H and O–H groups in total. The first-order valence-electron chi connectivity index (χ1n) is 4.24. The van der Waals surface area contributed by atoms with E-state index in [1.165, 1.54) is 0 Å². The fourth-order valence-corrected chi connectivity index (χ4v) is 1.85. The van der Waals surface area contributed by atoms with E-state index in [0.717, 1.165) is 22.3 Å². The van der Waals surface area contributed by atoms with Crippen LogP contribution in [-0.2, 0) is 0 Å². The van der Waals surface area contributed by atoms with Crippen molar-refractivity contribution < 1.29 is 0 Å². The van der Waals surface area contributed by atoms with Crippen LogP contribution in [0.3, 0.4) is 0 Å². The molecule has 1 aromatic carbocycles. The van der Waals surface area contributed by atoms with Crippen LogP contribution in [0.4, 0.5) is 0 Å². The summed E-state index contributed by atoms with van der Waals surface area (Å²) in [7, 11) is 0. The molecule has 0 aliphatic heterocycles. The summed E-state index contributed by atoms with van der Waals surface area (Å²) >= 11 is 12.2. The predicted molar refractivity (Wildman–Crippen MR) is 65.9 cm³/mol. The van der Waals surface area contributed by atoms with Gasteiger partial charge in [-0.3, -0.25) is 0 Å². The van der Waals surface area contributed by atoms with Crippen LogP contribution in [0.15, 0.2) is 25.3 Å². The Morgan fingerprint density at radius 2 is 1.21 bits per heavy atom. The van der Waals surface area contributed by atoms with Crippen LogP contribution in [0.5, 0.6) is 0 Å². The largest absolute Gasteiger partial charge is 0.0955 e. The van der Waals surface area contributed by atoms with Gasteiger partial charge in [-0.25, -0.2) is 0 Å². The van der Waals surface area contributed by atoms with Crippen molar-refractivity contribution in [3.8, 4) is 0 Å². The summed E-state index contributed by atoms with van der Waals surface area (Å²) in [6, 6.07) is 3.66. The van der Waals surface area contributed by atoms with Crippen molar-refractivity contribution in [1.29, 1.82) is 0 Å². The zero-order valence-electron chi connectivity index (χ0n) is 8.32. The van der Waals surface area contributed by atoms with Gasteiger partial charge in [-0.1, -0.05) is 36.4 Å². The molecule has 14 heavy (non-hydrogen) atoms. The first-order valence-corrected chi connectivity index (χ1v) is 5.00. The molecule has 0 saturated carbocycles. The molecule has 0 spiro atoms. The lowest BCUT2D eigenvalue weighted by Gasteiger charge is -2.09. The molecule has 2 heteroatoms. The number of hydrogen-bond acceptors (Lipinski definition) is 0. The van der Waals surface area contributed by atoms with Crippen molar-refractivity contribution in [2.75, 3.05) is 0 Å². The van der Waals surface area contributed by atoms with Crippen molar-refractivity contribution in [3.05, 3.63) is 46.5 Å². The van der Waals surface area contributed by atoms with Gasteiger partial charge in [-0.05, 0) is 48.3 Å². The summed E-state index contributed by atoms with van der Waals surface area (Å²) < 4.78 is 0. The van der Waals surface area contributed by atoms with Crippen LogP contribution in [0.25, 0.3) is 11.1 Å². The van der Waals surface area contributed by atoms with Crippen molar-refractivity contribution in [3.63, 3.8) is 0 Å². The fourth-order valence-electron chi connectivity index (χ4n) is 1.20. The van der Waals surface area contributed by atoms with Crippen LogP contribution >= 0.6 is 23.2 Å². The minimum absolute atomic E-state index is 0.667. The van der Waals surface area contributed by atoms with Crippen LogP contribution < -0.4 is 0 Å². The summed E-state index contributed by atoms with van der Waals surface area (Å²) in [6.45, 7) is 11.5. The maximum Gasteiger partial charge on any atom is 0.0487 e. The van der Waals surface area contributed by atoms with Crippen molar-refractivity contribution in [1.82, 2.24) is 0 Å². The smallest absolute Gasteiger partial charge is 0.0487 e. The Morgan fingerprint density at radius 3 is 1.43 bits per heavy atom. The van der Waals surface area contributed by atoms with Gasteiger partial charge in [-0.15, -0.1) is 0 Å². The van der Waals surface area contributed by atoms with Gasteiger partial charge in [0.05, 0.1) is 0 Å². The molecule has 0 aliphatic rings. The zero-order chi connectivity index (χ0) is 10.9. The predicted octanol–water partition coefficient (Wildman–Crippen LogP) is 5.06. The molecule has 0 atom stereocenters. The second-order valence-corrected chi connectivity index (χ2v) is 4.19. The summed E-state index contributed by atoms with van der Waals surface area (Å²) in [5.74, 6) is 0. The molecule has 0 aliphatic carbocycles. The van der Waals surface area contributed by atoms with Gasteiger partial charge in [0.25, 0.3) is 0 Å². The molecule has 0 bridgehead atoms. The SMILES string of the molecule is C=C(C)c1cc(Cl)c(C(=C)C)cc1Cl. The molecule has 0 amide bonds. The highest BCUT2D eigenvalue weighted by atomic mass is 35.5. The van der Waals surface area contributed by atoms with E-state index >= 15 is 0 Å². The van der Waals surface area contributed by atoms with E-state index in [-0.39, 0.29) is 0 Å². The average molecular weight is 227 g/mol. The number of benzene rings is 1. The number of allylic oxidation sites excluding steroid dienone is 2. The van der Waals surface area contributed by atoms with Crippen molar-refractivity contribution >= 4 is 34.3 Å². The third-order valence-electron chi connectivity index (χ3n) is 1.98. The van der Waals surface area contributed by atoms with Crippen LogP contribution in [0.1, 0.15) is 25.0 Å². The minimum atomic E-state index is 0.667. The standard InChI is InChI=1S/C12H12Cl2/c1-7(2)9-5-12(14)10(8(3)4)6-11(9)13/h5-6H,1,3H2,2,4H3. The van der Waals surface area contributed by atoms with Crippen LogP contribution in [-0.4, -0.2) is 0 Å². The number of rotatable bonds is 2. The van der Waals surface area contributed by atoms with Gasteiger partial charge >= 0.3 is 0 Å². The molecule has 0 saturated heterocycles. The van der Waals surface area contributed by atoms with E-state index in [1.807, 2.05) is 26.0 Å². The van der Waals surface area contributed by atoms with E-state index in [1.54, 1.807) is 0 Å². The van der Waals surface area contributed by atoms with Gasteiger partial charge in [0.15, 0.2) is 0 Å². The minimum Gasteiger partial charge on any atom is -0.0955 e. The first kappa shape index (κ1) is 11.4. The van der Waals surface area contributed by atoms with E-state index in [0.29, 0.717) is 10.0 Å². The molecule has 0 unspecified atom stereocenters. The van der Waals surface area contributed by atoms with Gasteiger partial charge < -0.3 is 0 Å². The van der Waals surface area contributed by atoms with Gasteiger partial charge in [0.2, 0.25) is 0 Å². The van der Waals surface area contributed by atoms with Gasteiger partial charge in [-0.2, -0.15) is 0 Å². The Bertz CT molecular complexity index is 363. The summed E-state index contributed by atoms with van der Waals surface area (Å²) in [4.78, 5) is 0. The topological polar surface area (TPSA) is 0 Å². The lowest BCUT2D eigenvalue weighted by atomic mass is 10.0. The molecule has 0 heterocycles. The van der Waals surface area contributed by atoms with E-state index in [4.69, 9.17) is 23.2 Å². The van der Waals surface area contributed by atoms with Crippen LogP contribution in [0.2, 0.25) is 10.0 Å². The molecule has 0 nitrogen and oxygen atoms in total. The van der Waals surface area contributed by atoms with Crippen molar-refractivity contribution in [2.24, 2.45) is 0 Å². The van der Waals surface area contributed by atoms with E-state index in [9.17, 15) is 0 Å². The summed E-state index contributed by atoms with van der Waals surface area (Å²) in [6.07, 6.45) is 0. The highest BCUT2D eigenvalue weighted by Crippen LogP contribution is 2.32. The Kier molecular flexibility index (Phi) is 3.41. The third kappa shape index (κ3) is 2.20. The maximum atomic E-state index is 6.08. The molecule has 74 valence electrons. The second-order valence-electron chi connectivity index (χ2n) is 3.37. The van der Waals surface area contributed by atoms with Gasteiger partial charge in [0.1, 0.15) is 0 Å². The fraction of sp³-hybridized carbons (Fsp3) is 0.167. The molecule has 0 radical (unpaired) electrons. The van der Waals surface area contributed by atoms with Crippen molar-refractivity contribution in [2.45, 2.75) is 13.8 Å². The zero-order valence-corrected chi connectivity index (χ0v) is 9.84. The average Bonchev–Trinajstić information content (AvgIpc) is 2.07. The summed E-state index contributed by atoms with van der Waals surface area (Å²) in [5.41, 5.74) is 3.60. The Morgan fingerprint density at radius 1 is 0.929 bits per heavy atom.